The van der Waals surface area contributed by atoms with Crippen molar-refractivity contribution in [2.75, 3.05) is 11.1 Å². The van der Waals surface area contributed by atoms with E-state index in [4.69, 9.17) is 11.6 Å². The monoisotopic (exact) mass is 418 g/mol. The first-order chi connectivity index (χ1) is 13.4. The molecule has 0 saturated heterocycles. The van der Waals surface area contributed by atoms with E-state index in [9.17, 15) is 9.18 Å². The fourth-order valence-corrected chi connectivity index (χ4v) is 3.50. The van der Waals surface area contributed by atoms with Gasteiger partial charge >= 0.3 is 0 Å². The van der Waals surface area contributed by atoms with E-state index in [-0.39, 0.29) is 17.5 Å². The highest BCUT2D eigenvalue weighted by Crippen LogP contribution is 2.27. The summed E-state index contributed by atoms with van der Waals surface area (Å²) in [6, 6.07) is 13.4. The molecule has 8 heteroatoms. The van der Waals surface area contributed by atoms with Crippen LogP contribution in [0, 0.1) is 11.7 Å². The second-order valence-corrected chi connectivity index (χ2v) is 8.01. The van der Waals surface area contributed by atoms with Crippen molar-refractivity contribution < 1.29 is 9.18 Å². The molecule has 3 aromatic rings. The van der Waals surface area contributed by atoms with Crippen molar-refractivity contribution in [1.29, 1.82) is 0 Å². The van der Waals surface area contributed by atoms with Crippen LogP contribution in [0.4, 0.5) is 10.1 Å². The van der Waals surface area contributed by atoms with Crippen LogP contribution in [0.25, 0.3) is 11.4 Å². The summed E-state index contributed by atoms with van der Waals surface area (Å²) in [5.41, 5.74) is 1.07. The van der Waals surface area contributed by atoms with E-state index in [1.807, 2.05) is 4.57 Å². The Labute approximate surface area is 172 Å². The van der Waals surface area contributed by atoms with Crippen molar-refractivity contribution in [3.05, 3.63) is 59.4 Å². The van der Waals surface area contributed by atoms with Crippen molar-refractivity contribution in [2.24, 2.45) is 5.92 Å². The Balaban J connectivity index is 1.75. The standard InChI is InChI=1S/C20H20ClFN4OS/c1-13(2)11-26-19(16-5-3-4-6-17(16)22)24-25-20(26)28-12-18(27)23-15-9-7-14(21)8-10-15/h3-10,13H,11-12H2,1-2H3,(H,23,27). The number of rotatable bonds is 7. The van der Waals surface area contributed by atoms with E-state index in [2.05, 4.69) is 29.4 Å². The molecule has 0 saturated carbocycles. The fourth-order valence-electron chi connectivity index (χ4n) is 2.63. The van der Waals surface area contributed by atoms with Gasteiger partial charge in [-0.15, -0.1) is 10.2 Å². The number of benzene rings is 2. The van der Waals surface area contributed by atoms with Gasteiger partial charge in [0.15, 0.2) is 11.0 Å². The molecule has 3 rings (SSSR count). The summed E-state index contributed by atoms with van der Waals surface area (Å²) in [7, 11) is 0. The molecule has 0 spiro atoms. The lowest BCUT2D eigenvalue weighted by Crippen LogP contribution is -2.15. The van der Waals surface area contributed by atoms with Gasteiger partial charge < -0.3 is 9.88 Å². The molecule has 0 aliphatic heterocycles. The molecule has 0 unspecified atom stereocenters. The van der Waals surface area contributed by atoms with Gasteiger partial charge in [0.1, 0.15) is 5.82 Å². The third-order valence-electron chi connectivity index (χ3n) is 3.84. The average molecular weight is 419 g/mol. The van der Waals surface area contributed by atoms with E-state index in [1.165, 1.54) is 17.8 Å². The second kappa shape index (κ2) is 9.21. The minimum atomic E-state index is -0.350. The Morgan fingerprint density at radius 3 is 2.57 bits per heavy atom. The van der Waals surface area contributed by atoms with Crippen molar-refractivity contribution in [1.82, 2.24) is 14.8 Å². The molecule has 0 radical (unpaired) electrons. The number of amides is 1. The zero-order valence-electron chi connectivity index (χ0n) is 15.5. The number of thioether (sulfide) groups is 1. The molecule has 146 valence electrons. The summed E-state index contributed by atoms with van der Waals surface area (Å²) in [6.45, 7) is 4.75. The van der Waals surface area contributed by atoms with E-state index in [0.29, 0.717) is 39.7 Å². The number of nitrogens with one attached hydrogen (secondary N) is 1. The highest BCUT2D eigenvalue weighted by Gasteiger charge is 2.18. The number of anilines is 1. The van der Waals surface area contributed by atoms with E-state index < -0.39 is 0 Å². The van der Waals surface area contributed by atoms with Crippen LogP contribution in [0.2, 0.25) is 5.02 Å². The lowest BCUT2D eigenvalue weighted by molar-refractivity contribution is -0.113. The predicted octanol–water partition coefficient (Wildman–Crippen LogP) is 5.12. The zero-order valence-corrected chi connectivity index (χ0v) is 17.1. The lowest BCUT2D eigenvalue weighted by atomic mass is 10.2. The van der Waals surface area contributed by atoms with Crippen LogP contribution in [0.5, 0.6) is 0 Å². The molecule has 5 nitrogen and oxygen atoms in total. The zero-order chi connectivity index (χ0) is 20.1. The van der Waals surface area contributed by atoms with Crippen molar-refractivity contribution >= 4 is 35.0 Å². The summed E-state index contributed by atoms with van der Waals surface area (Å²) in [6.07, 6.45) is 0. The van der Waals surface area contributed by atoms with Crippen LogP contribution in [-0.2, 0) is 11.3 Å². The quantitative estimate of drug-likeness (QED) is 0.540. The number of nitrogens with zero attached hydrogens (tertiary/aromatic N) is 3. The Bertz CT molecular complexity index is 959. The molecule has 0 bridgehead atoms. The van der Waals surface area contributed by atoms with Gasteiger partial charge in [0.2, 0.25) is 5.91 Å². The van der Waals surface area contributed by atoms with Gasteiger partial charge in [0, 0.05) is 17.3 Å². The molecular formula is C20H20ClFN4OS. The summed E-state index contributed by atoms with van der Waals surface area (Å²) < 4.78 is 16.1. The number of hydrogen-bond acceptors (Lipinski definition) is 4. The number of carbonyl (C=O) groups excluding carboxylic acids is 1. The number of aromatic nitrogens is 3. The van der Waals surface area contributed by atoms with Gasteiger partial charge in [-0.25, -0.2) is 4.39 Å². The maximum absolute atomic E-state index is 14.2. The maximum Gasteiger partial charge on any atom is 0.234 e. The SMILES string of the molecule is CC(C)Cn1c(SCC(=O)Nc2ccc(Cl)cc2)nnc1-c1ccccc1F. The fraction of sp³-hybridized carbons (Fsp3) is 0.250. The van der Waals surface area contributed by atoms with Crippen LogP contribution >= 0.6 is 23.4 Å². The van der Waals surface area contributed by atoms with E-state index in [0.717, 1.165) is 0 Å². The first-order valence-corrected chi connectivity index (χ1v) is 10.2. The highest BCUT2D eigenvalue weighted by atomic mass is 35.5. The molecule has 28 heavy (non-hydrogen) atoms. The predicted molar refractivity (Wildman–Crippen MR) is 111 cm³/mol. The van der Waals surface area contributed by atoms with Gasteiger partial charge in [0.25, 0.3) is 0 Å². The van der Waals surface area contributed by atoms with Crippen LogP contribution in [0.1, 0.15) is 13.8 Å². The third kappa shape index (κ3) is 5.11. The molecule has 1 N–H and O–H groups in total. The van der Waals surface area contributed by atoms with Gasteiger partial charge in [-0.05, 0) is 42.3 Å². The van der Waals surface area contributed by atoms with Crippen LogP contribution in [0.15, 0.2) is 53.7 Å². The normalized spacial score (nSPS) is 11.0. The van der Waals surface area contributed by atoms with E-state index in [1.54, 1.807) is 42.5 Å². The smallest absolute Gasteiger partial charge is 0.234 e. The highest BCUT2D eigenvalue weighted by molar-refractivity contribution is 7.99. The lowest BCUT2D eigenvalue weighted by Gasteiger charge is -2.13. The van der Waals surface area contributed by atoms with Gasteiger partial charge in [-0.2, -0.15) is 0 Å². The summed E-state index contributed by atoms with van der Waals surface area (Å²) in [4.78, 5) is 12.3. The Morgan fingerprint density at radius 2 is 1.89 bits per heavy atom. The first-order valence-electron chi connectivity index (χ1n) is 8.80. The number of carbonyl (C=O) groups is 1. The summed E-state index contributed by atoms with van der Waals surface area (Å²) in [5.74, 6) is 0.419. The Kier molecular flexibility index (Phi) is 6.70. The topological polar surface area (TPSA) is 59.8 Å². The molecule has 2 aromatic carbocycles. The minimum absolute atomic E-state index is 0.163. The summed E-state index contributed by atoms with van der Waals surface area (Å²) in [5, 5.41) is 12.4. The Hall–Kier alpha value is -2.38. The average Bonchev–Trinajstić information content (AvgIpc) is 3.04. The number of hydrogen-bond donors (Lipinski definition) is 1. The molecule has 1 aromatic heterocycles. The molecule has 1 heterocycles. The minimum Gasteiger partial charge on any atom is -0.325 e. The van der Waals surface area contributed by atoms with Crippen molar-refractivity contribution in [2.45, 2.75) is 25.5 Å². The molecule has 0 fully saturated rings. The van der Waals surface area contributed by atoms with E-state index >= 15 is 0 Å². The van der Waals surface area contributed by atoms with Crippen molar-refractivity contribution in [3.8, 4) is 11.4 Å². The maximum atomic E-state index is 14.2. The van der Waals surface area contributed by atoms with Gasteiger partial charge in [0.05, 0.1) is 11.3 Å². The van der Waals surface area contributed by atoms with Gasteiger partial charge in [-0.3, -0.25) is 4.79 Å². The van der Waals surface area contributed by atoms with Crippen LogP contribution in [0.3, 0.4) is 0 Å². The van der Waals surface area contributed by atoms with Crippen LogP contribution < -0.4 is 5.32 Å². The third-order valence-corrected chi connectivity index (χ3v) is 5.06. The molecule has 0 atom stereocenters. The largest absolute Gasteiger partial charge is 0.325 e. The molecule has 1 amide bonds. The molecule has 0 aliphatic carbocycles. The number of halogens is 2. The van der Waals surface area contributed by atoms with Crippen molar-refractivity contribution in [3.63, 3.8) is 0 Å². The second-order valence-electron chi connectivity index (χ2n) is 6.63. The van der Waals surface area contributed by atoms with Crippen LogP contribution in [-0.4, -0.2) is 26.4 Å². The first kappa shape index (κ1) is 20.4. The summed E-state index contributed by atoms with van der Waals surface area (Å²) >= 11 is 7.12. The molecule has 0 aliphatic rings. The van der Waals surface area contributed by atoms with Gasteiger partial charge in [-0.1, -0.05) is 49.3 Å². The molecular weight excluding hydrogens is 399 g/mol. The Morgan fingerprint density at radius 1 is 1.18 bits per heavy atom.